The monoisotopic (exact) mass is 404 g/mol. The largest absolute Gasteiger partial charge is 0.451 e. The molecule has 27 heavy (non-hydrogen) atoms. The van der Waals surface area contributed by atoms with Gasteiger partial charge in [0.2, 0.25) is 0 Å². The summed E-state index contributed by atoms with van der Waals surface area (Å²) in [5.41, 5.74) is 0.772. The Morgan fingerprint density at radius 1 is 1.19 bits per heavy atom. The number of hydrogen-bond acceptors (Lipinski definition) is 6. The Kier molecular flexibility index (Phi) is 5.68. The molecule has 1 heterocycles. The Labute approximate surface area is 162 Å². The van der Waals surface area contributed by atoms with E-state index in [0.717, 1.165) is 21.6 Å². The average molecular weight is 405 g/mol. The Morgan fingerprint density at radius 3 is 2.74 bits per heavy atom. The van der Waals surface area contributed by atoms with Gasteiger partial charge in [-0.05, 0) is 29.8 Å². The lowest BCUT2D eigenvalue weighted by atomic mass is 10.2. The molecule has 0 bridgehead atoms. The molecule has 3 aromatic rings. The van der Waals surface area contributed by atoms with Gasteiger partial charge >= 0.3 is 5.97 Å². The molecule has 2 aromatic carbocycles. The SMILES string of the molecule is O=C(COC(=O)c1cc2cc([N+](=O)[O-])ccc2s1)NCc1cccc(Cl)c1. The third-order valence-electron chi connectivity index (χ3n) is 3.62. The van der Waals surface area contributed by atoms with Crippen LogP contribution in [0.15, 0.2) is 48.5 Å². The lowest BCUT2D eigenvalue weighted by Gasteiger charge is -2.06. The van der Waals surface area contributed by atoms with E-state index < -0.39 is 23.4 Å². The summed E-state index contributed by atoms with van der Waals surface area (Å²) in [6.07, 6.45) is 0. The number of nitrogens with zero attached hydrogens (tertiary/aromatic N) is 1. The number of non-ortho nitro benzene ring substituents is 1. The topological polar surface area (TPSA) is 98.5 Å². The van der Waals surface area contributed by atoms with Gasteiger partial charge in [-0.2, -0.15) is 0 Å². The van der Waals surface area contributed by atoms with Gasteiger partial charge in [-0.25, -0.2) is 4.79 Å². The van der Waals surface area contributed by atoms with Gasteiger partial charge in [-0.3, -0.25) is 14.9 Å². The maximum absolute atomic E-state index is 12.1. The molecule has 1 amide bonds. The highest BCUT2D eigenvalue weighted by Gasteiger charge is 2.15. The van der Waals surface area contributed by atoms with Gasteiger partial charge in [0.1, 0.15) is 4.88 Å². The summed E-state index contributed by atoms with van der Waals surface area (Å²) in [6, 6.07) is 12.9. The van der Waals surface area contributed by atoms with E-state index in [-0.39, 0.29) is 17.1 Å². The van der Waals surface area contributed by atoms with Gasteiger partial charge < -0.3 is 10.1 Å². The number of fused-ring (bicyclic) bond motifs is 1. The molecule has 0 fully saturated rings. The molecular weight excluding hydrogens is 392 g/mol. The van der Waals surface area contributed by atoms with E-state index in [2.05, 4.69) is 5.32 Å². The number of amides is 1. The van der Waals surface area contributed by atoms with Crippen molar-refractivity contribution >= 4 is 50.6 Å². The maximum Gasteiger partial charge on any atom is 0.348 e. The minimum Gasteiger partial charge on any atom is -0.451 e. The predicted octanol–water partition coefficient (Wildman–Crippen LogP) is 3.94. The van der Waals surface area contributed by atoms with E-state index in [1.807, 2.05) is 6.07 Å². The zero-order valence-corrected chi connectivity index (χ0v) is 15.4. The standard InChI is InChI=1S/C18H13ClN2O5S/c19-13-3-1-2-11(6-13)9-20-17(22)10-26-18(23)16-8-12-7-14(21(24)25)4-5-15(12)27-16/h1-8H,9-10H2,(H,20,22). The number of carbonyl (C=O) groups excluding carboxylic acids is 2. The molecule has 9 heteroatoms. The third kappa shape index (κ3) is 4.81. The van der Waals surface area contributed by atoms with Crippen molar-refractivity contribution in [2.24, 2.45) is 0 Å². The normalized spacial score (nSPS) is 10.6. The molecule has 0 aliphatic carbocycles. The highest BCUT2D eigenvalue weighted by Crippen LogP contribution is 2.29. The minimum absolute atomic E-state index is 0.0550. The Balaban J connectivity index is 1.56. The van der Waals surface area contributed by atoms with Crippen LogP contribution in [0, 0.1) is 10.1 Å². The number of thiophene rings is 1. The fourth-order valence-corrected chi connectivity index (χ4v) is 3.50. The Bertz CT molecular complexity index is 1030. The molecule has 0 radical (unpaired) electrons. The highest BCUT2D eigenvalue weighted by molar-refractivity contribution is 7.20. The molecule has 138 valence electrons. The number of carbonyl (C=O) groups is 2. The molecule has 0 aliphatic heterocycles. The van der Waals surface area contributed by atoms with Crippen LogP contribution in [-0.4, -0.2) is 23.4 Å². The third-order valence-corrected chi connectivity index (χ3v) is 4.96. The second-order valence-electron chi connectivity index (χ2n) is 5.57. The number of rotatable bonds is 6. The first-order chi connectivity index (χ1) is 12.9. The van der Waals surface area contributed by atoms with Crippen molar-refractivity contribution in [1.82, 2.24) is 5.32 Å². The summed E-state index contributed by atoms with van der Waals surface area (Å²) in [5, 5.41) is 14.6. The lowest BCUT2D eigenvalue weighted by molar-refractivity contribution is -0.384. The Morgan fingerprint density at radius 2 is 2.00 bits per heavy atom. The summed E-state index contributed by atoms with van der Waals surface area (Å²) in [7, 11) is 0. The van der Waals surface area contributed by atoms with E-state index in [9.17, 15) is 19.7 Å². The summed E-state index contributed by atoms with van der Waals surface area (Å²) in [4.78, 5) is 34.5. The number of benzene rings is 2. The van der Waals surface area contributed by atoms with Crippen molar-refractivity contribution in [1.29, 1.82) is 0 Å². The molecule has 3 rings (SSSR count). The van der Waals surface area contributed by atoms with E-state index in [0.29, 0.717) is 10.4 Å². The van der Waals surface area contributed by atoms with Gasteiger partial charge in [0.25, 0.3) is 11.6 Å². The number of ether oxygens (including phenoxy) is 1. The molecule has 0 saturated carbocycles. The van der Waals surface area contributed by atoms with E-state index in [1.54, 1.807) is 24.3 Å². The van der Waals surface area contributed by atoms with Crippen LogP contribution in [0.5, 0.6) is 0 Å². The van der Waals surface area contributed by atoms with E-state index in [4.69, 9.17) is 16.3 Å². The number of esters is 1. The van der Waals surface area contributed by atoms with Crippen molar-refractivity contribution in [2.75, 3.05) is 6.61 Å². The summed E-state index contributed by atoms with van der Waals surface area (Å²) in [5.74, 6) is -1.10. The number of halogens is 1. The molecule has 7 nitrogen and oxygen atoms in total. The zero-order valence-electron chi connectivity index (χ0n) is 13.8. The summed E-state index contributed by atoms with van der Waals surface area (Å²) < 4.78 is 5.73. The van der Waals surface area contributed by atoms with Crippen LogP contribution in [0.3, 0.4) is 0 Å². The number of nitro benzene ring substituents is 1. The summed E-state index contributed by atoms with van der Waals surface area (Å²) >= 11 is 7.02. The summed E-state index contributed by atoms with van der Waals surface area (Å²) in [6.45, 7) is -0.155. The van der Waals surface area contributed by atoms with Gasteiger partial charge in [-0.1, -0.05) is 23.7 Å². The predicted molar refractivity (Wildman–Crippen MR) is 102 cm³/mol. The number of nitrogens with one attached hydrogen (secondary N) is 1. The fraction of sp³-hybridized carbons (Fsp3) is 0.111. The first kappa shape index (κ1) is 18.8. The molecule has 0 saturated heterocycles. The second kappa shape index (κ2) is 8.15. The van der Waals surface area contributed by atoms with Crippen molar-refractivity contribution in [2.45, 2.75) is 6.54 Å². The van der Waals surface area contributed by atoms with Gasteiger partial charge in [0.05, 0.1) is 4.92 Å². The van der Waals surface area contributed by atoms with Crippen LogP contribution in [0.2, 0.25) is 5.02 Å². The molecule has 1 aromatic heterocycles. The van der Waals surface area contributed by atoms with Crippen LogP contribution in [0.4, 0.5) is 5.69 Å². The van der Waals surface area contributed by atoms with Crippen LogP contribution in [-0.2, 0) is 16.1 Å². The van der Waals surface area contributed by atoms with Crippen LogP contribution >= 0.6 is 22.9 Å². The van der Waals surface area contributed by atoms with Crippen LogP contribution in [0.25, 0.3) is 10.1 Å². The quantitative estimate of drug-likeness (QED) is 0.381. The lowest BCUT2D eigenvalue weighted by Crippen LogP contribution is -2.28. The fourth-order valence-electron chi connectivity index (χ4n) is 2.35. The molecule has 0 spiro atoms. The molecule has 0 aliphatic rings. The van der Waals surface area contributed by atoms with Crippen molar-refractivity contribution < 1.29 is 19.2 Å². The smallest absolute Gasteiger partial charge is 0.348 e. The van der Waals surface area contributed by atoms with Gasteiger partial charge in [0, 0.05) is 33.8 Å². The van der Waals surface area contributed by atoms with Crippen molar-refractivity contribution in [3.05, 3.63) is 74.1 Å². The van der Waals surface area contributed by atoms with Crippen molar-refractivity contribution in [3.8, 4) is 0 Å². The van der Waals surface area contributed by atoms with Crippen LogP contribution in [0.1, 0.15) is 15.2 Å². The molecule has 0 atom stereocenters. The van der Waals surface area contributed by atoms with Crippen LogP contribution < -0.4 is 5.32 Å². The van der Waals surface area contributed by atoms with Gasteiger partial charge in [-0.15, -0.1) is 11.3 Å². The highest BCUT2D eigenvalue weighted by atomic mass is 35.5. The average Bonchev–Trinajstić information content (AvgIpc) is 3.07. The Hall–Kier alpha value is -2.97. The number of hydrogen-bond donors (Lipinski definition) is 1. The molecule has 0 unspecified atom stereocenters. The first-order valence-corrected chi connectivity index (χ1v) is 8.98. The minimum atomic E-state index is -0.656. The first-order valence-electron chi connectivity index (χ1n) is 7.78. The molecule has 1 N–H and O–H groups in total. The zero-order chi connectivity index (χ0) is 19.4. The van der Waals surface area contributed by atoms with E-state index >= 15 is 0 Å². The number of nitro groups is 1. The maximum atomic E-state index is 12.1. The van der Waals surface area contributed by atoms with Gasteiger partial charge in [0.15, 0.2) is 6.61 Å². The molecular formula is C18H13ClN2O5S. The van der Waals surface area contributed by atoms with Crippen molar-refractivity contribution in [3.63, 3.8) is 0 Å². The van der Waals surface area contributed by atoms with E-state index in [1.165, 1.54) is 18.2 Å². The second-order valence-corrected chi connectivity index (χ2v) is 7.09.